The van der Waals surface area contributed by atoms with Gasteiger partial charge in [0.05, 0.1) is 0 Å². The summed E-state index contributed by atoms with van der Waals surface area (Å²) in [6.45, 7) is 2.37. The number of ether oxygens (including phenoxy) is 3. The first kappa shape index (κ1) is 17.9. The van der Waals surface area contributed by atoms with E-state index in [2.05, 4.69) is 17.4 Å². The van der Waals surface area contributed by atoms with Gasteiger partial charge in [-0.15, -0.1) is 0 Å². The molecule has 1 atom stereocenters. The maximum absolute atomic E-state index is 12.4. The highest BCUT2D eigenvalue weighted by molar-refractivity contribution is 5.80. The third-order valence-electron chi connectivity index (χ3n) is 4.55. The SMILES string of the molecule is CC(Oc1ccc(-c2ccccc2)cc1)C(=O)NCc1ccc2c(c1)OCO2. The third-order valence-corrected chi connectivity index (χ3v) is 4.55. The lowest BCUT2D eigenvalue weighted by Gasteiger charge is -2.15. The number of nitrogens with one attached hydrogen (secondary N) is 1. The molecule has 0 aliphatic carbocycles. The van der Waals surface area contributed by atoms with Gasteiger partial charge in [-0.1, -0.05) is 48.5 Å². The zero-order valence-electron chi connectivity index (χ0n) is 15.6. The molecule has 3 aromatic carbocycles. The minimum Gasteiger partial charge on any atom is -0.481 e. The smallest absolute Gasteiger partial charge is 0.261 e. The Bertz CT molecular complexity index is 954. The van der Waals surface area contributed by atoms with E-state index < -0.39 is 6.10 Å². The molecule has 28 heavy (non-hydrogen) atoms. The Morgan fingerprint density at radius 2 is 1.68 bits per heavy atom. The van der Waals surface area contributed by atoms with Crippen LogP contribution in [0.2, 0.25) is 0 Å². The van der Waals surface area contributed by atoms with E-state index in [-0.39, 0.29) is 12.7 Å². The molecule has 0 fully saturated rings. The number of hydrogen-bond acceptors (Lipinski definition) is 4. The second-order valence-corrected chi connectivity index (χ2v) is 6.56. The van der Waals surface area contributed by atoms with E-state index in [9.17, 15) is 4.79 Å². The summed E-state index contributed by atoms with van der Waals surface area (Å²) in [6, 6.07) is 23.5. The molecular weight excluding hydrogens is 354 g/mol. The fourth-order valence-electron chi connectivity index (χ4n) is 3.00. The number of fused-ring (bicyclic) bond motifs is 1. The Morgan fingerprint density at radius 1 is 0.964 bits per heavy atom. The monoisotopic (exact) mass is 375 g/mol. The molecule has 0 aromatic heterocycles. The summed E-state index contributed by atoms with van der Waals surface area (Å²) in [6.07, 6.45) is -0.600. The number of rotatable bonds is 6. The molecule has 4 rings (SSSR count). The van der Waals surface area contributed by atoms with Gasteiger partial charge in [0.2, 0.25) is 6.79 Å². The van der Waals surface area contributed by atoms with E-state index in [1.54, 1.807) is 6.92 Å². The number of carbonyl (C=O) groups excluding carboxylic acids is 1. The lowest BCUT2D eigenvalue weighted by molar-refractivity contribution is -0.127. The molecule has 0 radical (unpaired) electrons. The van der Waals surface area contributed by atoms with E-state index in [1.807, 2.05) is 60.7 Å². The van der Waals surface area contributed by atoms with Crippen LogP contribution in [0.4, 0.5) is 0 Å². The van der Waals surface area contributed by atoms with Crippen LogP contribution in [0.15, 0.2) is 72.8 Å². The fraction of sp³-hybridized carbons (Fsp3) is 0.174. The van der Waals surface area contributed by atoms with Crippen molar-refractivity contribution in [2.75, 3.05) is 6.79 Å². The lowest BCUT2D eigenvalue weighted by atomic mass is 10.1. The van der Waals surface area contributed by atoms with Gasteiger partial charge in [0, 0.05) is 6.54 Å². The highest BCUT2D eigenvalue weighted by atomic mass is 16.7. The number of benzene rings is 3. The lowest BCUT2D eigenvalue weighted by Crippen LogP contribution is -2.35. The molecule has 1 unspecified atom stereocenters. The first-order valence-corrected chi connectivity index (χ1v) is 9.17. The van der Waals surface area contributed by atoms with Gasteiger partial charge in [-0.05, 0) is 47.9 Å². The van der Waals surface area contributed by atoms with E-state index in [0.717, 1.165) is 22.4 Å². The van der Waals surface area contributed by atoms with Gasteiger partial charge in [-0.2, -0.15) is 0 Å². The summed E-state index contributed by atoms with van der Waals surface area (Å²) in [7, 11) is 0. The topological polar surface area (TPSA) is 56.8 Å². The van der Waals surface area contributed by atoms with E-state index in [0.29, 0.717) is 18.0 Å². The van der Waals surface area contributed by atoms with Crippen molar-refractivity contribution >= 4 is 5.91 Å². The molecule has 1 amide bonds. The first-order valence-electron chi connectivity index (χ1n) is 9.17. The van der Waals surface area contributed by atoms with Crippen molar-refractivity contribution in [2.24, 2.45) is 0 Å². The van der Waals surface area contributed by atoms with Crippen molar-refractivity contribution in [2.45, 2.75) is 19.6 Å². The summed E-state index contributed by atoms with van der Waals surface area (Å²) in [5, 5.41) is 2.89. The molecule has 142 valence electrons. The van der Waals surface area contributed by atoms with Crippen LogP contribution >= 0.6 is 0 Å². The number of carbonyl (C=O) groups is 1. The molecule has 3 aromatic rings. The van der Waals surface area contributed by atoms with Crippen LogP contribution < -0.4 is 19.5 Å². The zero-order valence-corrected chi connectivity index (χ0v) is 15.6. The van der Waals surface area contributed by atoms with Crippen LogP contribution in [0.3, 0.4) is 0 Å². The van der Waals surface area contributed by atoms with Crippen molar-refractivity contribution in [3.05, 3.63) is 78.4 Å². The van der Waals surface area contributed by atoms with Gasteiger partial charge in [-0.3, -0.25) is 4.79 Å². The first-order chi connectivity index (χ1) is 13.7. The van der Waals surface area contributed by atoms with E-state index >= 15 is 0 Å². The van der Waals surface area contributed by atoms with Gasteiger partial charge < -0.3 is 19.5 Å². The average molecular weight is 375 g/mol. The molecule has 5 heteroatoms. The third kappa shape index (κ3) is 4.09. The minimum absolute atomic E-state index is 0.176. The Labute approximate surface area is 163 Å². The summed E-state index contributed by atoms with van der Waals surface area (Å²) in [4.78, 5) is 12.4. The van der Waals surface area contributed by atoms with Crippen LogP contribution in [-0.2, 0) is 11.3 Å². The predicted octanol–water partition coefficient (Wildman–Crippen LogP) is 4.17. The van der Waals surface area contributed by atoms with Crippen molar-refractivity contribution < 1.29 is 19.0 Å². The zero-order chi connectivity index (χ0) is 19.3. The Kier molecular flexibility index (Phi) is 5.15. The standard InChI is InChI=1S/C23H21NO4/c1-16(23(25)24-14-17-7-12-21-22(13-17)27-15-26-21)28-20-10-8-19(9-11-20)18-5-3-2-4-6-18/h2-13,16H,14-15H2,1H3,(H,24,25). The Morgan fingerprint density at radius 3 is 2.46 bits per heavy atom. The van der Waals surface area contributed by atoms with Crippen LogP contribution in [0, 0.1) is 0 Å². The van der Waals surface area contributed by atoms with Crippen LogP contribution in [-0.4, -0.2) is 18.8 Å². The summed E-state index contributed by atoms with van der Waals surface area (Å²) in [5.74, 6) is 1.91. The van der Waals surface area contributed by atoms with Crippen molar-refractivity contribution in [3.8, 4) is 28.4 Å². The maximum atomic E-state index is 12.4. The summed E-state index contributed by atoms with van der Waals surface area (Å²) >= 11 is 0. The van der Waals surface area contributed by atoms with Crippen LogP contribution in [0.5, 0.6) is 17.2 Å². The van der Waals surface area contributed by atoms with Crippen molar-refractivity contribution in [1.29, 1.82) is 0 Å². The Hall–Kier alpha value is -3.47. The highest BCUT2D eigenvalue weighted by Gasteiger charge is 2.16. The van der Waals surface area contributed by atoms with Crippen molar-refractivity contribution in [3.63, 3.8) is 0 Å². The van der Waals surface area contributed by atoms with Crippen LogP contribution in [0.1, 0.15) is 12.5 Å². The molecule has 1 N–H and O–H groups in total. The molecule has 1 heterocycles. The highest BCUT2D eigenvalue weighted by Crippen LogP contribution is 2.32. The quantitative estimate of drug-likeness (QED) is 0.703. The molecule has 1 aliphatic heterocycles. The fourth-order valence-corrected chi connectivity index (χ4v) is 3.00. The van der Waals surface area contributed by atoms with Crippen LogP contribution in [0.25, 0.3) is 11.1 Å². The molecule has 1 aliphatic rings. The average Bonchev–Trinajstić information content (AvgIpc) is 3.21. The largest absolute Gasteiger partial charge is 0.481 e. The Balaban J connectivity index is 1.31. The predicted molar refractivity (Wildman–Crippen MR) is 106 cm³/mol. The summed E-state index contributed by atoms with van der Waals surface area (Å²) in [5.41, 5.74) is 3.19. The molecule has 0 spiro atoms. The summed E-state index contributed by atoms with van der Waals surface area (Å²) < 4.78 is 16.4. The van der Waals surface area contributed by atoms with Gasteiger partial charge in [-0.25, -0.2) is 0 Å². The van der Waals surface area contributed by atoms with Gasteiger partial charge in [0.15, 0.2) is 17.6 Å². The second-order valence-electron chi connectivity index (χ2n) is 6.56. The minimum atomic E-state index is -0.600. The molecule has 0 saturated heterocycles. The van der Waals surface area contributed by atoms with Gasteiger partial charge >= 0.3 is 0 Å². The second kappa shape index (κ2) is 8.05. The normalized spacial score (nSPS) is 13.0. The van der Waals surface area contributed by atoms with Gasteiger partial charge in [0.25, 0.3) is 5.91 Å². The maximum Gasteiger partial charge on any atom is 0.261 e. The molecule has 0 bridgehead atoms. The van der Waals surface area contributed by atoms with E-state index in [1.165, 1.54) is 0 Å². The number of hydrogen-bond donors (Lipinski definition) is 1. The van der Waals surface area contributed by atoms with E-state index in [4.69, 9.17) is 14.2 Å². The number of amides is 1. The van der Waals surface area contributed by atoms with Crippen molar-refractivity contribution in [1.82, 2.24) is 5.32 Å². The van der Waals surface area contributed by atoms with Gasteiger partial charge in [0.1, 0.15) is 5.75 Å². The molecule has 5 nitrogen and oxygen atoms in total. The molecule has 0 saturated carbocycles. The molecular formula is C23H21NO4.